The monoisotopic (exact) mass is 292 g/mol. The zero-order chi connectivity index (χ0) is 14.0. The number of amides is 3. The van der Waals surface area contributed by atoms with Gasteiger partial charge >= 0.3 is 6.03 Å². The average Bonchev–Trinajstić information content (AvgIpc) is 2.91. The molecule has 0 unspecified atom stereocenters. The quantitative estimate of drug-likeness (QED) is 0.871. The van der Waals surface area contributed by atoms with E-state index in [2.05, 4.69) is 16.8 Å². The van der Waals surface area contributed by atoms with Crippen LogP contribution >= 0.6 is 11.3 Å². The summed E-state index contributed by atoms with van der Waals surface area (Å²) < 4.78 is 0. The Morgan fingerprint density at radius 1 is 1.20 bits per heavy atom. The Labute approximate surface area is 123 Å². The van der Waals surface area contributed by atoms with Gasteiger partial charge in [-0.3, -0.25) is 10.1 Å². The third-order valence-electron chi connectivity index (χ3n) is 4.54. The van der Waals surface area contributed by atoms with Gasteiger partial charge in [-0.1, -0.05) is 25.7 Å². The number of thiophene rings is 1. The Morgan fingerprint density at radius 2 is 1.95 bits per heavy atom. The molecule has 1 saturated carbocycles. The number of carbonyl (C=O) groups is 2. The van der Waals surface area contributed by atoms with Crippen molar-refractivity contribution < 1.29 is 9.59 Å². The Hall–Kier alpha value is -1.36. The van der Waals surface area contributed by atoms with Gasteiger partial charge in [0, 0.05) is 6.54 Å². The van der Waals surface area contributed by atoms with Gasteiger partial charge in [0.15, 0.2) is 0 Å². The number of nitrogens with one attached hydrogen (secondary N) is 1. The van der Waals surface area contributed by atoms with Gasteiger partial charge in [-0.25, -0.2) is 4.79 Å². The molecule has 3 amide bonds. The second-order valence-electron chi connectivity index (χ2n) is 5.74. The van der Waals surface area contributed by atoms with Gasteiger partial charge in [0.25, 0.3) is 5.91 Å². The number of hydrogen-bond donors (Lipinski definition) is 1. The molecule has 3 rings (SSSR count). The second-order valence-corrected chi connectivity index (χ2v) is 6.52. The minimum atomic E-state index is -0.566. The Balaban J connectivity index is 1.78. The summed E-state index contributed by atoms with van der Waals surface area (Å²) in [5.74, 6) is -0.0743. The molecule has 108 valence electrons. The molecular weight excluding hydrogens is 272 g/mol. The van der Waals surface area contributed by atoms with Gasteiger partial charge in [0.2, 0.25) is 0 Å². The fourth-order valence-electron chi connectivity index (χ4n) is 3.40. The fourth-order valence-corrected chi connectivity index (χ4v) is 4.10. The predicted octanol–water partition coefficient (Wildman–Crippen LogP) is 2.94. The van der Waals surface area contributed by atoms with E-state index in [9.17, 15) is 9.59 Å². The number of hydrogen-bond acceptors (Lipinski definition) is 3. The minimum Gasteiger partial charge on any atom is -0.309 e. The SMILES string of the molecule is O=C1NC(=O)C2(CCCCCC2)N1CCc1ccsc1. The Morgan fingerprint density at radius 3 is 2.60 bits per heavy atom. The summed E-state index contributed by atoms with van der Waals surface area (Å²) in [4.78, 5) is 26.2. The van der Waals surface area contributed by atoms with Crippen molar-refractivity contribution in [2.45, 2.75) is 50.5 Å². The average molecular weight is 292 g/mol. The highest BCUT2D eigenvalue weighted by atomic mass is 32.1. The molecule has 1 N–H and O–H groups in total. The summed E-state index contributed by atoms with van der Waals surface area (Å²) >= 11 is 1.67. The molecule has 0 atom stereocenters. The van der Waals surface area contributed by atoms with Crippen LogP contribution in [0.5, 0.6) is 0 Å². The van der Waals surface area contributed by atoms with Crippen LogP contribution in [0.1, 0.15) is 44.1 Å². The zero-order valence-electron chi connectivity index (χ0n) is 11.6. The smallest absolute Gasteiger partial charge is 0.309 e. The predicted molar refractivity (Wildman–Crippen MR) is 78.7 cm³/mol. The topological polar surface area (TPSA) is 49.4 Å². The lowest BCUT2D eigenvalue weighted by Gasteiger charge is -2.34. The standard InChI is InChI=1S/C15H20N2O2S/c18-13-15(7-3-1-2-4-8-15)17(14(19)16-13)9-5-12-6-10-20-11-12/h6,10-11H,1-5,7-9H2,(H,16,18,19). The highest BCUT2D eigenvalue weighted by Gasteiger charge is 2.51. The first kappa shape index (κ1) is 13.6. The molecule has 1 saturated heterocycles. The number of urea groups is 1. The van der Waals surface area contributed by atoms with Crippen LogP contribution in [0, 0.1) is 0 Å². The summed E-state index contributed by atoms with van der Waals surface area (Å²) in [6.07, 6.45) is 6.86. The third kappa shape index (κ3) is 2.35. The van der Waals surface area contributed by atoms with Crippen molar-refractivity contribution in [3.63, 3.8) is 0 Å². The number of nitrogens with zero attached hydrogens (tertiary/aromatic N) is 1. The molecule has 0 bridgehead atoms. The molecule has 2 heterocycles. The van der Waals surface area contributed by atoms with E-state index >= 15 is 0 Å². The molecule has 1 spiro atoms. The van der Waals surface area contributed by atoms with E-state index in [0.29, 0.717) is 6.54 Å². The maximum atomic E-state index is 12.3. The van der Waals surface area contributed by atoms with Gasteiger partial charge in [-0.05, 0) is 41.7 Å². The lowest BCUT2D eigenvalue weighted by Crippen LogP contribution is -2.50. The molecule has 1 aliphatic heterocycles. The minimum absolute atomic E-state index is 0.0743. The van der Waals surface area contributed by atoms with Crippen molar-refractivity contribution in [3.05, 3.63) is 22.4 Å². The summed E-state index contributed by atoms with van der Waals surface area (Å²) in [5, 5.41) is 6.69. The van der Waals surface area contributed by atoms with Gasteiger partial charge in [-0.15, -0.1) is 0 Å². The molecule has 0 aromatic carbocycles. The first-order valence-electron chi connectivity index (χ1n) is 7.36. The number of rotatable bonds is 3. The summed E-state index contributed by atoms with van der Waals surface area (Å²) in [5.41, 5.74) is 0.676. The van der Waals surface area contributed by atoms with Crippen molar-refractivity contribution in [2.24, 2.45) is 0 Å². The molecular formula is C15H20N2O2S. The molecule has 1 aromatic rings. The Bertz CT molecular complexity index is 490. The third-order valence-corrected chi connectivity index (χ3v) is 5.27. The fraction of sp³-hybridized carbons (Fsp3) is 0.600. The molecule has 2 fully saturated rings. The largest absolute Gasteiger partial charge is 0.325 e. The van der Waals surface area contributed by atoms with Crippen LogP contribution in [-0.4, -0.2) is 28.9 Å². The van der Waals surface area contributed by atoms with Crippen molar-refractivity contribution in [1.29, 1.82) is 0 Å². The van der Waals surface area contributed by atoms with E-state index in [0.717, 1.165) is 32.1 Å². The zero-order valence-corrected chi connectivity index (χ0v) is 12.4. The van der Waals surface area contributed by atoms with Crippen molar-refractivity contribution in [3.8, 4) is 0 Å². The number of imide groups is 1. The van der Waals surface area contributed by atoms with Crippen LogP contribution in [0.25, 0.3) is 0 Å². The van der Waals surface area contributed by atoms with E-state index < -0.39 is 5.54 Å². The van der Waals surface area contributed by atoms with E-state index in [1.54, 1.807) is 16.2 Å². The van der Waals surface area contributed by atoms with Crippen molar-refractivity contribution in [2.75, 3.05) is 6.54 Å². The first-order valence-corrected chi connectivity index (χ1v) is 8.31. The van der Waals surface area contributed by atoms with Gasteiger partial charge in [0.1, 0.15) is 5.54 Å². The maximum Gasteiger partial charge on any atom is 0.325 e. The highest BCUT2D eigenvalue weighted by molar-refractivity contribution is 7.07. The summed E-state index contributed by atoms with van der Waals surface area (Å²) in [6, 6.07) is 1.88. The number of carbonyl (C=O) groups excluding carboxylic acids is 2. The van der Waals surface area contributed by atoms with Gasteiger partial charge in [0.05, 0.1) is 0 Å². The first-order chi connectivity index (χ1) is 9.72. The van der Waals surface area contributed by atoms with Crippen molar-refractivity contribution in [1.82, 2.24) is 10.2 Å². The molecule has 2 aliphatic rings. The van der Waals surface area contributed by atoms with Crippen LogP contribution in [0.15, 0.2) is 16.8 Å². The molecule has 20 heavy (non-hydrogen) atoms. The summed E-state index contributed by atoms with van der Waals surface area (Å²) in [7, 11) is 0. The van der Waals surface area contributed by atoms with E-state index in [1.165, 1.54) is 18.4 Å². The van der Waals surface area contributed by atoms with Crippen LogP contribution in [0.4, 0.5) is 4.79 Å². The molecule has 1 aliphatic carbocycles. The summed E-state index contributed by atoms with van der Waals surface area (Å²) in [6.45, 7) is 0.633. The van der Waals surface area contributed by atoms with Crippen LogP contribution in [0.3, 0.4) is 0 Å². The maximum absolute atomic E-state index is 12.3. The normalized spacial score (nSPS) is 22.1. The van der Waals surface area contributed by atoms with Gasteiger partial charge < -0.3 is 4.90 Å². The van der Waals surface area contributed by atoms with Crippen LogP contribution < -0.4 is 5.32 Å². The van der Waals surface area contributed by atoms with Crippen molar-refractivity contribution >= 4 is 23.3 Å². The van der Waals surface area contributed by atoms with Gasteiger partial charge in [-0.2, -0.15) is 11.3 Å². The molecule has 4 nitrogen and oxygen atoms in total. The highest BCUT2D eigenvalue weighted by Crippen LogP contribution is 2.36. The second kappa shape index (κ2) is 5.56. The Kier molecular flexibility index (Phi) is 3.78. The molecule has 5 heteroatoms. The lowest BCUT2D eigenvalue weighted by molar-refractivity contribution is -0.127. The van der Waals surface area contributed by atoms with Crippen LogP contribution in [0.2, 0.25) is 0 Å². The van der Waals surface area contributed by atoms with E-state index in [1.807, 2.05) is 5.38 Å². The van der Waals surface area contributed by atoms with Crippen LogP contribution in [-0.2, 0) is 11.2 Å². The van der Waals surface area contributed by atoms with E-state index in [4.69, 9.17) is 0 Å². The molecule has 0 radical (unpaired) electrons. The lowest BCUT2D eigenvalue weighted by atomic mass is 9.88. The van der Waals surface area contributed by atoms with E-state index in [-0.39, 0.29) is 11.9 Å². The molecule has 1 aromatic heterocycles.